The van der Waals surface area contributed by atoms with Crippen molar-refractivity contribution < 1.29 is 9.53 Å². The highest BCUT2D eigenvalue weighted by Crippen LogP contribution is 2.14. The number of nitrogens with one attached hydrogen (secondary N) is 2. The van der Waals surface area contributed by atoms with Crippen molar-refractivity contribution in [1.29, 1.82) is 0 Å². The van der Waals surface area contributed by atoms with Gasteiger partial charge < -0.3 is 15.4 Å². The minimum absolute atomic E-state index is 0.0327. The summed E-state index contributed by atoms with van der Waals surface area (Å²) in [5, 5.41) is 6.13. The number of carbonyl (C=O) groups excluding carboxylic acids is 1. The molecule has 1 atom stereocenters. The molecule has 0 aliphatic carbocycles. The Balaban J connectivity index is 1.85. The average Bonchev–Trinajstić information content (AvgIpc) is 2.53. The van der Waals surface area contributed by atoms with E-state index in [1.54, 1.807) is 7.11 Å². The predicted molar refractivity (Wildman–Crippen MR) is 97.1 cm³/mol. The van der Waals surface area contributed by atoms with Crippen LogP contribution in [0, 0.1) is 3.57 Å². The second-order valence-corrected chi connectivity index (χ2v) is 6.19. The van der Waals surface area contributed by atoms with Crippen molar-refractivity contribution >= 4 is 34.2 Å². The van der Waals surface area contributed by atoms with Gasteiger partial charge in [-0.25, -0.2) is 0 Å². The van der Waals surface area contributed by atoms with Gasteiger partial charge in [0.15, 0.2) is 0 Å². The smallest absolute Gasteiger partial charge is 0.242 e. The molecule has 1 amide bonds. The van der Waals surface area contributed by atoms with Crippen LogP contribution >= 0.6 is 22.6 Å². The van der Waals surface area contributed by atoms with Crippen molar-refractivity contribution in [3.63, 3.8) is 0 Å². The zero-order valence-electron chi connectivity index (χ0n) is 12.6. The standard InChI is InChI=1S/C17H19IN2O2/c1-12(20-15-5-3-4-14(18)10-15)17(21)19-11-13-6-8-16(22-2)9-7-13/h3-10,12,20H,11H2,1-2H3,(H,19,21)/t12-/m0/s1. The lowest BCUT2D eigenvalue weighted by molar-refractivity contribution is -0.121. The van der Waals surface area contributed by atoms with Gasteiger partial charge in [-0.3, -0.25) is 4.79 Å². The number of carbonyl (C=O) groups is 1. The van der Waals surface area contributed by atoms with Crippen LogP contribution in [0.4, 0.5) is 5.69 Å². The van der Waals surface area contributed by atoms with Crippen LogP contribution in [0.15, 0.2) is 48.5 Å². The first-order chi connectivity index (χ1) is 10.6. The minimum Gasteiger partial charge on any atom is -0.497 e. The first-order valence-corrected chi connectivity index (χ1v) is 8.09. The SMILES string of the molecule is COc1ccc(CNC(=O)[C@H](C)Nc2cccc(I)c2)cc1. The molecule has 0 aliphatic rings. The summed E-state index contributed by atoms with van der Waals surface area (Å²) in [6.45, 7) is 2.35. The van der Waals surface area contributed by atoms with Crippen molar-refractivity contribution in [1.82, 2.24) is 5.32 Å². The lowest BCUT2D eigenvalue weighted by Crippen LogP contribution is -2.37. The molecule has 0 aliphatic heterocycles. The molecule has 4 nitrogen and oxygen atoms in total. The van der Waals surface area contributed by atoms with Crippen LogP contribution in [0.25, 0.3) is 0 Å². The maximum Gasteiger partial charge on any atom is 0.242 e. The molecule has 2 aromatic rings. The zero-order valence-corrected chi connectivity index (χ0v) is 14.8. The molecule has 0 spiro atoms. The average molecular weight is 410 g/mol. The monoisotopic (exact) mass is 410 g/mol. The second-order valence-electron chi connectivity index (χ2n) is 4.94. The minimum atomic E-state index is -0.295. The number of anilines is 1. The molecule has 0 aromatic heterocycles. The summed E-state index contributed by atoms with van der Waals surface area (Å²) < 4.78 is 6.24. The van der Waals surface area contributed by atoms with Crippen LogP contribution in [0.2, 0.25) is 0 Å². The number of hydrogen-bond donors (Lipinski definition) is 2. The molecule has 0 saturated carbocycles. The van der Waals surface area contributed by atoms with E-state index in [1.165, 1.54) is 0 Å². The lowest BCUT2D eigenvalue weighted by Gasteiger charge is -2.15. The van der Waals surface area contributed by atoms with Gasteiger partial charge in [-0.05, 0) is 65.4 Å². The summed E-state index contributed by atoms with van der Waals surface area (Å²) in [5.41, 5.74) is 1.98. The van der Waals surface area contributed by atoms with Gasteiger partial charge in [0.25, 0.3) is 0 Å². The van der Waals surface area contributed by atoms with Gasteiger partial charge in [-0.2, -0.15) is 0 Å². The lowest BCUT2D eigenvalue weighted by atomic mass is 10.2. The molecule has 2 N–H and O–H groups in total. The fraction of sp³-hybridized carbons (Fsp3) is 0.235. The van der Waals surface area contributed by atoms with E-state index >= 15 is 0 Å². The molecule has 0 heterocycles. The Bertz CT molecular complexity index is 629. The summed E-state index contributed by atoms with van der Waals surface area (Å²) in [6.07, 6.45) is 0. The summed E-state index contributed by atoms with van der Waals surface area (Å²) >= 11 is 2.25. The van der Waals surface area contributed by atoms with Crippen LogP contribution in [0.3, 0.4) is 0 Å². The van der Waals surface area contributed by atoms with Crippen LogP contribution in [-0.2, 0) is 11.3 Å². The third-order valence-electron chi connectivity index (χ3n) is 3.23. The fourth-order valence-electron chi connectivity index (χ4n) is 1.98. The molecule has 22 heavy (non-hydrogen) atoms. The Morgan fingerprint density at radius 1 is 1.23 bits per heavy atom. The molecule has 5 heteroatoms. The Kier molecular flexibility index (Phi) is 6.06. The van der Waals surface area contributed by atoms with Crippen molar-refractivity contribution in [2.45, 2.75) is 19.5 Å². The second kappa shape index (κ2) is 8.03. The summed E-state index contributed by atoms with van der Waals surface area (Å²) in [6, 6.07) is 15.3. The molecule has 0 unspecified atom stereocenters. The maximum atomic E-state index is 12.1. The normalized spacial score (nSPS) is 11.6. The summed E-state index contributed by atoms with van der Waals surface area (Å²) in [7, 11) is 1.63. The van der Waals surface area contributed by atoms with E-state index < -0.39 is 0 Å². The van der Waals surface area contributed by atoms with Crippen LogP contribution in [-0.4, -0.2) is 19.1 Å². The van der Waals surface area contributed by atoms with Gasteiger partial charge in [0.2, 0.25) is 5.91 Å². The number of methoxy groups -OCH3 is 1. The molecular formula is C17H19IN2O2. The van der Waals surface area contributed by atoms with E-state index in [2.05, 4.69) is 33.2 Å². The summed E-state index contributed by atoms with van der Waals surface area (Å²) in [4.78, 5) is 12.1. The van der Waals surface area contributed by atoms with E-state index in [0.29, 0.717) is 6.54 Å². The Morgan fingerprint density at radius 2 is 1.95 bits per heavy atom. The maximum absolute atomic E-state index is 12.1. The largest absolute Gasteiger partial charge is 0.497 e. The van der Waals surface area contributed by atoms with Gasteiger partial charge in [0.05, 0.1) is 7.11 Å². The zero-order chi connectivity index (χ0) is 15.9. The van der Waals surface area contributed by atoms with E-state index in [-0.39, 0.29) is 11.9 Å². The van der Waals surface area contributed by atoms with E-state index in [1.807, 2.05) is 55.5 Å². The molecule has 0 bridgehead atoms. The third kappa shape index (κ3) is 4.91. The van der Waals surface area contributed by atoms with Gasteiger partial charge in [0, 0.05) is 15.8 Å². The highest BCUT2D eigenvalue weighted by Gasteiger charge is 2.12. The number of halogens is 1. The van der Waals surface area contributed by atoms with Crippen LogP contribution < -0.4 is 15.4 Å². The first-order valence-electron chi connectivity index (χ1n) is 7.01. The van der Waals surface area contributed by atoms with Gasteiger partial charge in [-0.15, -0.1) is 0 Å². The number of amides is 1. The van der Waals surface area contributed by atoms with Gasteiger partial charge >= 0.3 is 0 Å². The van der Waals surface area contributed by atoms with Gasteiger partial charge in [-0.1, -0.05) is 18.2 Å². The predicted octanol–water partition coefficient (Wildman–Crippen LogP) is 3.42. The fourth-order valence-corrected chi connectivity index (χ4v) is 2.52. The van der Waals surface area contributed by atoms with Crippen molar-refractivity contribution in [2.75, 3.05) is 12.4 Å². The topological polar surface area (TPSA) is 50.4 Å². The number of benzene rings is 2. The van der Waals surface area contributed by atoms with Gasteiger partial charge in [0.1, 0.15) is 11.8 Å². The molecule has 2 rings (SSSR count). The number of hydrogen-bond acceptors (Lipinski definition) is 3. The van der Waals surface area contributed by atoms with E-state index in [9.17, 15) is 4.79 Å². The van der Waals surface area contributed by atoms with Crippen LogP contribution in [0.1, 0.15) is 12.5 Å². The van der Waals surface area contributed by atoms with Crippen molar-refractivity contribution in [3.8, 4) is 5.75 Å². The van der Waals surface area contributed by atoms with Crippen LogP contribution in [0.5, 0.6) is 5.75 Å². The third-order valence-corrected chi connectivity index (χ3v) is 3.90. The summed E-state index contributed by atoms with van der Waals surface area (Å²) in [5.74, 6) is 0.776. The Morgan fingerprint density at radius 3 is 2.59 bits per heavy atom. The Hall–Kier alpha value is -1.76. The van der Waals surface area contributed by atoms with Crippen molar-refractivity contribution in [3.05, 3.63) is 57.7 Å². The molecular weight excluding hydrogens is 391 g/mol. The molecule has 116 valence electrons. The first kappa shape index (κ1) is 16.6. The van der Waals surface area contributed by atoms with Crippen molar-refractivity contribution in [2.24, 2.45) is 0 Å². The molecule has 2 aromatic carbocycles. The van der Waals surface area contributed by atoms with E-state index in [0.717, 1.165) is 20.6 Å². The Labute approximate surface area is 144 Å². The van der Waals surface area contributed by atoms with E-state index in [4.69, 9.17) is 4.74 Å². The quantitative estimate of drug-likeness (QED) is 0.718. The number of ether oxygens (including phenoxy) is 1. The molecule has 0 fully saturated rings. The highest BCUT2D eigenvalue weighted by atomic mass is 127. The molecule has 0 radical (unpaired) electrons. The highest BCUT2D eigenvalue weighted by molar-refractivity contribution is 14.1. The molecule has 0 saturated heterocycles. The number of rotatable bonds is 6.